The van der Waals surface area contributed by atoms with Crippen LogP contribution in [0.2, 0.25) is 0 Å². The number of urea groups is 1. The zero-order valence-corrected chi connectivity index (χ0v) is 14.0. The molecule has 2 aliphatic heterocycles. The predicted molar refractivity (Wildman–Crippen MR) is 86.7 cm³/mol. The second-order valence-electron chi connectivity index (χ2n) is 6.16. The number of hydrogen-bond donors (Lipinski definition) is 1. The quantitative estimate of drug-likeness (QED) is 0.665. The van der Waals surface area contributed by atoms with Gasteiger partial charge in [0.15, 0.2) is 0 Å². The number of carbonyl (C=O) groups excluding carboxylic acids is 2. The molecule has 0 aromatic carbocycles. The van der Waals surface area contributed by atoms with Gasteiger partial charge in [-0.15, -0.1) is 0 Å². The lowest BCUT2D eigenvalue weighted by molar-refractivity contribution is -0.130. The van der Waals surface area contributed by atoms with Crippen LogP contribution in [0, 0.1) is 11.3 Å². The van der Waals surface area contributed by atoms with E-state index in [1.165, 1.54) is 0 Å². The monoisotopic (exact) mass is 321 g/mol. The van der Waals surface area contributed by atoms with E-state index < -0.39 is 0 Å². The highest BCUT2D eigenvalue weighted by Gasteiger charge is 2.29. The Kier molecular flexibility index (Phi) is 6.66. The van der Waals surface area contributed by atoms with E-state index >= 15 is 0 Å². The Morgan fingerprint density at radius 3 is 2.74 bits per heavy atom. The van der Waals surface area contributed by atoms with Crippen molar-refractivity contribution in [2.24, 2.45) is 0 Å². The highest BCUT2D eigenvalue weighted by Crippen LogP contribution is 2.16. The van der Waals surface area contributed by atoms with Gasteiger partial charge in [0.05, 0.1) is 12.6 Å². The highest BCUT2D eigenvalue weighted by atomic mass is 16.2. The molecule has 0 radical (unpaired) electrons. The number of amides is 3. The van der Waals surface area contributed by atoms with Crippen LogP contribution >= 0.6 is 0 Å². The molecule has 2 heterocycles. The number of nitriles is 1. The van der Waals surface area contributed by atoms with Gasteiger partial charge in [-0.3, -0.25) is 4.79 Å². The van der Waals surface area contributed by atoms with Gasteiger partial charge in [-0.2, -0.15) is 5.26 Å². The molecule has 3 amide bonds. The van der Waals surface area contributed by atoms with Gasteiger partial charge >= 0.3 is 6.03 Å². The molecule has 0 saturated carbocycles. The summed E-state index contributed by atoms with van der Waals surface area (Å²) in [7, 11) is 0. The summed E-state index contributed by atoms with van der Waals surface area (Å²) in [6.45, 7) is 6.66. The van der Waals surface area contributed by atoms with Crippen molar-refractivity contribution in [2.75, 3.05) is 45.8 Å². The largest absolute Gasteiger partial charge is 0.326 e. The average molecular weight is 321 g/mol. The minimum Gasteiger partial charge on any atom is -0.326 e. The van der Waals surface area contributed by atoms with Crippen LogP contribution in [0.25, 0.3) is 0 Å². The minimum atomic E-state index is -0.267. The van der Waals surface area contributed by atoms with Gasteiger partial charge in [-0.1, -0.05) is 13.3 Å². The van der Waals surface area contributed by atoms with Crippen molar-refractivity contribution in [3.63, 3.8) is 0 Å². The van der Waals surface area contributed by atoms with Gasteiger partial charge in [0.2, 0.25) is 5.91 Å². The second kappa shape index (κ2) is 8.73. The van der Waals surface area contributed by atoms with E-state index in [-0.39, 0.29) is 24.5 Å². The minimum absolute atomic E-state index is 0.0219. The molecule has 0 bridgehead atoms. The molecule has 7 heteroatoms. The van der Waals surface area contributed by atoms with Crippen molar-refractivity contribution in [2.45, 2.75) is 38.6 Å². The molecule has 2 fully saturated rings. The summed E-state index contributed by atoms with van der Waals surface area (Å²) < 4.78 is 0. The number of nitrogens with zero attached hydrogens (tertiary/aromatic N) is 4. The fraction of sp³-hybridized carbons (Fsp3) is 0.812. The SMILES string of the molecule is CCCCN1CCN(CCNCC(=O)N2CCCC2C#N)C1=O. The molecule has 1 N–H and O–H groups in total. The van der Waals surface area contributed by atoms with Crippen LogP contribution in [0.1, 0.15) is 32.6 Å². The molecule has 2 rings (SSSR count). The van der Waals surface area contributed by atoms with Gasteiger partial charge in [0.25, 0.3) is 0 Å². The van der Waals surface area contributed by atoms with E-state index in [0.29, 0.717) is 19.6 Å². The first-order valence-corrected chi connectivity index (χ1v) is 8.61. The molecule has 23 heavy (non-hydrogen) atoms. The van der Waals surface area contributed by atoms with Gasteiger partial charge < -0.3 is 20.0 Å². The lowest BCUT2D eigenvalue weighted by atomic mass is 10.2. The summed E-state index contributed by atoms with van der Waals surface area (Å²) in [4.78, 5) is 29.6. The maximum atomic E-state index is 12.1. The second-order valence-corrected chi connectivity index (χ2v) is 6.16. The predicted octanol–water partition coefficient (Wildman–Crippen LogP) is 0.628. The molecule has 1 unspecified atom stereocenters. The van der Waals surface area contributed by atoms with E-state index in [2.05, 4.69) is 18.3 Å². The van der Waals surface area contributed by atoms with Crippen LogP contribution in [0.5, 0.6) is 0 Å². The molecular formula is C16H27N5O2. The number of rotatable bonds is 8. The summed E-state index contributed by atoms with van der Waals surface area (Å²) in [5.41, 5.74) is 0. The van der Waals surface area contributed by atoms with Crippen molar-refractivity contribution in [3.05, 3.63) is 0 Å². The fourth-order valence-electron chi connectivity index (χ4n) is 3.11. The third-order valence-electron chi connectivity index (χ3n) is 4.52. The highest BCUT2D eigenvalue weighted by molar-refractivity contribution is 5.79. The molecule has 0 aromatic rings. The van der Waals surface area contributed by atoms with Crippen molar-refractivity contribution >= 4 is 11.9 Å². The molecule has 7 nitrogen and oxygen atoms in total. The van der Waals surface area contributed by atoms with E-state index in [9.17, 15) is 9.59 Å². The topological polar surface area (TPSA) is 79.7 Å². The Morgan fingerprint density at radius 1 is 1.30 bits per heavy atom. The number of nitrogens with one attached hydrogen (secondary N) is 1. The summed E-state index contributed by atoms with van der Waals surface area (Å²) in [5, 5.41) is 12.1. The Labute approximate surface area is 138 Å². The van der Waals surface area contributed by atoms with E-state index in [1.54, 1.807) is 4.90 Å². The average Bonchev–Trinajstić information content (AvgIpc) is 3.16. The smallest absolute Gasteiger partial charge is 0.320 e. The van der Waals surface area contributed by atoms with Crippen LogP contribution in [-0.2, 0) is 4.79 Å². The first-order valence-electron chi connectivity index (χ1n) is 8.61. The van der Waals surface area contributed by atoms with Crippen LogP contribution < -0.4 is 5.32 Å². The van der Waals surface area contributed by atoms with Crippen molar-refractivity contribution in [1.82, 2.24) is 20.0 Å². The number of hydrogen-bond acceptors (Lipinski definition) is 4. The van der Waals surface area contributed by atoms with Crippen molar-refractivity contribution in [3.8, 4) is 6.07 Å². The molecule has 0 aliphatic carbocycles. The number of carbonyl (C=O) groups is 2. The molecule has 2 saturated heterocycles. The van der Waals surface area contributed by atoms with Crippen molar-refractivity contribution in [1.29, 1.82) is 5.26 Å². The number of unbranched alkanes of at least 4 members (excludes halogenated alkanes) is 1. The lowest BCUT2D eigenvalue weighted by Gasteiger charge is -2.21. The third kappa shape index (κ3) is 4.58. The summed E-state index contributed by atoms with van der Waals surface area (Å²) in [6, 6.07) is 2.02. The van der Waals surface area contributed by atoms with E-state index in [0.717, 1.165) is 45.3 Å². The van der Waals surface area contributed by atoms with Crippen LogP contribution in [0.3, 0.4) is 0 Å². The Hall–Kier alpha value is -1.81. The Morgan fingerprint density at radius 2 is 2.04 bits per heavy atom. The van der Waals surface area contributed by atoms with E-state index in [1.807, 2.05) is 9.80 Å². The van der Waals surface area contributed by atoms with Gasteiger partial charge in [-0.05, 0) is 19.3 Å². The normalized spacial score (nSPS) is 21.1. The lowest BCUT2D eigenvalue weighted by Crippen LogP contribution is -2.43. The van der Waals surface area contributed by atoms with Crippen LogP contribution in [0.4, 0.5) is 4.79 Å². The maximum absolute atomic E-state index is 12.1. The zero-order chi connectivity index (χ0) is 16.7. The first kappa shape index (κ1) is 17.5. The standard InChI is InChI=1S/C16H27N5O2/c1-2-3-7-19-10-11-20(16(19)23)9-6-18-13-15(22)21-8-4-5-14(21)12-17/h14,18H,2-11,13H2,1H3. The molecule has 1 atom stereocenters. The maximum Gasteiger partial charge on any atom is 0.320 e. The fourth-order valence-corrected chi connectivity index (χ4v) is 3.11. The summed E-state index contributed by atoms with van der Waals surface area (Å²) in [5.74, 6) is -0.0219. The van der Waals surface area contributed by atoms with Crippen LogP contribution in [-0.4, -0.2) is 78.5 Å². The summed E-state index contributed by atoms with van der Waals surface area (Å²) >= 11 is 0. The molecular weight excluding hydrogens is 294 g/mol. The van der Waals surface area contributed by atoms with Gasteiger partial charge in [0.1, 0.15) is 6.04 Å². The summed E-state index contributed by atoms with van der Waals surface area (Å²) in [6.07, 6.45) is 3.81. The Bertz CT molecular complexity index is 462. The first-order chi connectivity index (χ1) is 11.2. The van der Waals surface area contributed by atoms with Gasteiger partial charge in [-0.25, -0.2) is 4.79 Å². The number of likely N-dealkylation sites (tertiary alicyclic amines) is 1. The molecule has 2 aliphatic rings. The van der Waals surface area contributed by atoms with Crippen LogP contribution in [0.15, 0.2) is 0 Å². The van der Waals surface area contributed by atoms with E-state index in [4.69, 9.17) is 5.26 Å². The molecule has 0 aromatic heterocycles. The third-order valence-corrected chi connectivity index (χ3v) is 4.52. The zero-order valence-electron chi connectivity index (χ0n) is 14.0. The van der Waals surface area contributed by atoms with Crippen molar-refractivity contribution < 1.29 is 9.59 Å². The Balaban J connectivity index is 1.63. The molecule has 128 valence electrons. The molecule has 0 spiro atoms. The van der Waals surface area contributed by atoms with Gasteiger partial charge in [0, 0.05) is 39.3 Å².